The van der Waals surface area contributed by atoms with E-state index in [2.05, 4.69) is 4.98 Å². The fraction of sp³-hybridized carbons (Fsp3) is 0.179. The van der Waals surface area contributed by atoms with Crippen molar-refractivity contribution in [2.24, 2.45) is 0 Å². The third kappa shape index (κ3) is 5.62. The maximum Gasteiger partial charge on any atom is 0.418 e. The minimum atomic E-state index is -5.02. The second-order valence-electron chi connectivity index (χ2n) is 9.38. The lowest BCUT2D eigenvalue weighted by Crippen LogP contribution is -2.50. The first-order chi connectivity index (χ1) is 19.9. The van der Waals surface area contributed by atoms with E-state index in [9.17, 15) is 40.0 Å². The Morgan fingerprint density at radius 3 is 2.17 bits per heavy atom. The van der Waals surface area contributed by atoms with Gasteiger partial charge in [0, 0.05) is 43.3 Å². The number of nitrogens with one attached hydrogen (secondary N) is 1. The van der Waals surface area contributed by atoms with Crippen LogP contribution in [0.3, 0.4) is 0 Å². The predicted molar refractivity (Wildman–Crippen MR) is 142 cm³/mol. The first-order valence-electron chi connectivity index (χ1n) is 12.5. The number of alkyl halides is 3. The summed E-state index contributed by atoms with van der Waals surface area (Å²) < 4.78 is 97.9. The number of nitrogens with zero attached hydrogens (tertiary/aromatic N) is 3. The van der Waals surface area contributed by atoms with E-state index in [0.29, 0.717) is 11.5 Å². The van der Waals surface area contributed by atoms with Crippen molar-refractivity contribution in [1.29, 1.82) is 0 Å². The van der Waals surface area contributed by atoms with Gasteiger partial charge in [-0.05, 0) is 42.5 Å². The number of carbonyl (C=O) groups is 2. The summed E-state index contributed by atoms with van der Waals surface area (Å²) in [6, 6.07) is 13.1. The molecule has 2 amide bonds. The average Bonchev–Trinajstić information content (AvgIpc) is 2.97. The van der Waals surface area contributed by atoms with Crippen LogP contribution in [-0.2, 0) is 16.2 Å². The Bertz CT molecular complexity index is 1800. The van der Waals surface area contributed by atoms with Crippen LogP contribution in [0.15, 0.2) is 77.8 Å². The van der Waals surface area contributed by atoms with E-state index in [4.69, 9.17) is 0 Å². The van der Waals surface area contributed by atoms with Crippen LogP contribution in [0.5, 0.6) is 0 Å². The maximum absolute atomic E-state index is 14.1. The zero-order valence-electron chi connectivity index (χ0n) is 21.5. The van der Waals surface area contributed by atoms with Crippen molar-refractivity contribution in [2.45, 2.75) is 11.1 Å². The number of pyridine rings is 1. The van der Waals surface area contributed by atoms with Crippen LogP contribution in [0.2, 0.25) is 0 Å². The summed E-state index contributed by atoms with van der Waals surface area (Å²) in [5.41, 5.74) is -2.90. The summed E-state index contributed by atoms with van der Waals surface area (Å²) >= 11 is 0. The topological polar surface area (TPSA) is 99.7 Å². The van der Waals surface area contributed by atoms with Crippen LogP contribution in [0.4, 0.5) is 27.6 Å². The van der Waals surface area contributed by atoms with Gasteiger partial charge in [-0.15, -0.1) is 0 Å². The smallest absolute Gasteiger partial charge is 0.335 e. The summed E-state index contributed by atoms with van der Waals surface area (Å²) in [5, 5.41) is 0.472. The molecule has 0 atom stereocenters. The molecule has 5 rings (SSSR count). The number of rotatable bonds is 5. The van der Waals surface area contributed by atoms with Crippen molar-refractivity contribution in [3.8, 4) is 0 Å². The van der Waals surface area contributed by atoms with Crippen LogP contribution in [0.25, 0.3) is 10.9 Å². The molecular formula is C28H21F5N4O4S. The van der Waals surface area contributed by atoms with Crippen LogP contribution >= 0.6 is 0 Å². The number of amides is 2. The predicted octanol–water partition coefficient (Wildman–Crippen LogP) is 4.93. The molecule has 1 aliphatic rings. The zero-order chi connectivity index (χ0) is 30.2. The Hall–Kier alpha value is -4.59. The van der Waals surface area contributed by atoms with E-state index < -0.39 is 56.5 Å². The molecule has 2 heterocycles. The fourth-order valence-electron chi connectivity index (χ4n) is 4.63. The minimum Gasteiger partial charge on any atom is -0.335 e. The summed E-state index contributed by atoms with van der Waals surface area (Å²) in [7, 11) is -4.51. The third-order valence-corrected chi connectivity index (χ3v) is 8.13. The van der Waals surface area contributed by atoms with Crippen LogP contribution in [0.1, 0.15) is 26.3 Å². The molecule has 14 heteroatoms. The molecule has 1 N–H and O–H groups in total. The Balaban J connectivity index is 1.35. The number of hydrogen-bond donors (Lipinski definition) is 1. The molecule has 1 fully saturated rings. The van der Waals surface area contributed by atoms with Gasteiger partial charge in [0.2, 0.25) is 0 Å². The van der Waals surface area contributed by atoms with Crippen LogP contribution in [-0.4, -0.2) is 61.2 Å². The molecule has 0 saturated carbocycles. The first kappa shape index (κ1) is 28.9. The second kappa shape index (κ2) is 11.0. The van der Waals surface area contributed by atoms with Gasteiger partial charge in [0.15, 0.2) is 11.6 Å². The van der Waals surface area contributed by atoms with Crippen molar-refractivity contribution in [2.75, 3.05) is 30.9 Å². The molecule has 42 heavy (non-hydrogen) atoms. The molecule has 0 radical (unpaired) electrons. The van der Waals surface area contributed by atoms with Gasteiger partial charge in [-0.2, -0.15) is 13.2 Å². The van der Waals surface area contributed by atoms with E-state index in [-0.39, 0.29) is 42.2 Å². The highest BCUT2D eigenvalue weighted by Crippen LogP contribution is 2.37. The average molecular weight is 605 g/mol. The van der Waals surface area contributed by atoms with Gasteiger partial charge in [-0.3, -0.25) is 19.3 Å². The summed E-state index contributed by atoms with van der Waals surface area (Å²) in [6.45, 7) is -0.288. The van der Waals surface area contributed by atoms with Gasteiger partial charge >= 0.3 is 6.18 Å². The van der Waals surface area contributed by atoms with E-state index >= 15 is 0 Å². The van der Waals surface area contributed by atoms with E-state index in [1.54, 1.807) is 18.2 Å². The number of para-hydroxylation sites is 1. The quantitative estimate of drug-likeness (QED) is 0.326. The lowest BCUT2D eigenvalue weighted by molar-refractivity contribution is -0.136. The number of halogens is 5. The highest BCUT2D eigenvalue weighted by Gasteiger charge is 2.36. The molecule has 1 saturated heterocycles. The van der Waals surface area contributed by atoms with Gasteiger partial charge in [0.25, 0.3) is 21.8 Å². The number of anilines is 1. The summed E-state index contributed by atoms with van der Waals surface area (Å²) in [5.74, 6) is -4.04. The van der Waals surface area contributed by atoms with E-state index in [1.807, 2.05) is 4.72 Å². The lowest BCUT2D eigenvalue weighted by Gasteiger charge is -2.35. The number of fused-ring (bicyclic) bond motifs is 1. The highest BCUT2D eigenvalue weighted by molar-refractivity contribution is 7.93. The molecule has 1 aliphatic heterocycles. The molecule has 218 valence electrons. The number of aromatic nitrogens is 1. The van der Waals surface area contributed by atoms with Crippen molar-refractivity contribution >= 4 is 38.4 Å². The van der Waals surface area contributed by atoms with Gasteiger partial charge in [-0.1, -0.05) is 24.3 Å². The van der Waals surface area contributed by atoms with E-state index in [0.717, 1.165) is 24.3 Å². The summed E-state index contributed by atoms with van der Waals surface area (Å²) in [6.07, 6.45) is -3.66. The largest absolute Gasteiger partial charge is 0.418 e. The van der Waals surface area contributed by atoms with Gasteiger partial charge in [0.05, 0.1) is 22.3 Å². The SMILES string of the molecule is O=C(c1ccc(NS(=O)(=O)c2cccc3cccnc23)c(C(F)(F)F)c1)N1CCN(C(=O)c2cccc(F)c2F)CC1. The van der Waals surface area contributed by atoms with Gasteiger partial charge < -0.3 is 9.80 Å². The van der Waals surface area contributed by atoms with Crippen molar-refractivity contribution in [3.63, 3.8) is 0 Å². The van der Waals surface area contributed by atoms with Gasteiger partial charge in [-0.25, -0.2) is 17.2 Å². The molecule has 1 aromatic heterocycles. The minimum absolute atomic E-state index is 0.0659. The number of sulfonamides is 1. The molecule has 0 spiro atoms. The van der Waals surface area contributed by atoms with Crippen molar-refractivity contribution in [1.82, 2.24) is 14.8 Å². The van der Waals surface area contributed by atoms with Crippen molar-refractivity contribution < 1.29 is 40.0 Å². The lowest BCUT2D eigenvalue weighted by atomic mass is 10.1. The van der Waals surface area contributed by atoms with Crippen molar-refractivity contribution in [3.05, 3.63) is 101 Å². The Labute approximate surface area is 236 Å². The zero-order valence-corrected chi connectivity index (χ0v) is 22.3. The normalized spacial score (nSPS) is 14.2. The number of benzene rings is 3. The maximum atomic E-state index is 14.1. The molecule has 3 aromatic carbocycles. The molecule has 4 aromatic rings. The third-order valence-electron chi connectivity index (χ3n) is 6.74. The second-order valence-corrected chi connectivity index (χ2v) is 11.0. The fourth-order valence-corrected chi connectivity index (χ4v) is 5.89. The number of carbonyl (C=O) groups excluding carboxylic acids is 2. The molecule has 8 nitrogen and oxygen atoms in total. The molecule has 0 bridgehead atoms. The van der Waals surface area contributed by atoms with E-state index in [1.165, 1.54) is 34.2 Å². The Kier molecular flexibility index (Phi) is 7.58. The standard InChI is InChI=1S/C28H21F5N4O4S/c29-21-7-2-6-19(24(21)30)27(39)37-14-12-36(13-15-37)26(38)18-9-10-22(20(16-18)28(31,32)33)35-42(40,41)23-8-1-4-17-5-3-11-34-25(17)23/h1-11,16,35H,12-15H2. The van der Waals surface area contributed by atoms with Gasteiger partial charge in [0.1, 0.15) is 4.90 Å². The highest BCUT2D eigenvalue weighted by atomic mass is 32.2. The first-order valence-corrected chi connectivity index (χ1v) is 14.0. The Morgan fingerprint density at radius 2 is 1.48 bits per heavy atom. The van der Waals surface area contributed by atoms with Crippen LogP contribution in [0, 0.1) is 11.6 Å². The number of piperazine rings is 1. The Morgan fingerprint density at radius 1 is 0.833 bits per heavy atom. The van der Waals surface area contributed by atoms with Crippen LogP contribution < -0.4 is 4.72 Å². The number of hydrogen-bond acceptors (Lipinski definition) is 5. The monoisotopic (exact) mass is 604 g/mol. The summed E-state index contributed by atoms with van der Waals surface area (Å²) in [4.78, 5) is 31.9. The molecule has 0 aliphatic carbocycles. The molecule has 0 unspecified atom stereocenters. The molecular weight excluding hydrogens is 583 g/mol.